The Labute approximate surface area is 156 Å². The van der Waals surface area contributed by atoms with Gasteiger partial charge in [0.15, 0.2) is 5.78 Å². The van der Waals surface area contributed by atoms with Crippen molar-refractivity contribution in [2.24, 2.45) is 0 Å². The molecule has 0 radical (unpaired) electrons. The zero-order valence-electron chi connectivity index (χ0n) is 14.2. The van der Waals surface area contributed by atoms with Gasteiger partial charge in [-0.2, -0.15) is 0 Å². The highest BCUT2D eigenvalue weighted by Crippen LogP contribution is 2.27. The van der Waals surface area contributed by atoms with E-state index in [1.807, 2.05) is 60.7 Å². The van der Waals surface area contributed by atoms with Crippen molar-refractivity contribution in [1.29, 1.82) is 0 Å². The summed E-state index contributed by atoms with van der Waals surface area (Å²) in [5, 5.41) is 0.784. The van der Waals surface area contributed by atoms with Crippen LogP contribution < -0.4 is 10.9 Å². The van der Waals surface area contributed by atoms with Crippen LogP contribution >= 0.6 is 11.3 Å². The van der Waals surface area contributed by atoms with Crippen molar-refractivity contribution in [1.82, 2.24) is 10.4 Å². The van der Waals surface area contributed by atoms with E-state index in [1.54, 1.807) is 17.5 Å². The smallest absolute Gasteiger partial charge is 0.202 e. The van der Waals surface area contributed by atoms with Crippen molar-refractivity contribution in [3.63, 3.8) is 0 Å². The Bertz CT molecular complexity index is 956. The minimum Gasteiger partial charge on any atom is -0.306 e. The zero-order valence-corrected chi connectivity index (χ0v) is 15.1. The number of nitrogens with one attached hydrogen (secondary N) is 2. The van der Waals surface area contributed by atoms with Crippen LogP contribution in [-0.4, -0.2) is 10.8 Å². The number of rotatable bonds is 4. The molecule has 0 unspecified atom stereocenters. The number of thiazole rings is 1. The molecule has 0 aliphatic heterocycles. The second-order valence-corrected chi connectivity index (χ2v) is 7.22. The topological polar surface area (TPSA) is 54.0 Å². The highest BCUT2D eigenvalue weighted by Gasteiger charge is 2.20. The van der Waals surface area contributed by atoms with Gasteiger partial charge in [-0.1, -0.05) is 53.8 Å². The number of fused-ring (bicyclic) bond motifs is 1. The average Bonchev–Trinajstić information content (AvgIpc) is 3.08. The third kappa shape index (κ3) is 3.68. The molecule has 1 aliphatic rings. The van der Waals surface area contributed by atoms with Gasteiger partial charge in [0.2, 0.25) is 5.13 Å². The van der Waals surface area contributed by atoms with Crippen molar-refractivity contribution in [3.8, 4) is 0 Å². The van der Waals surface area contributed by atoms with E-state index in [-0.39, 0.29) is 5.78 Å². The first-order valence-electron chi connectivity index (χ1n) is 8.66. The Balaban J connectivity index is 1.44. The summed E-state index contributed by atoms with van der Waals surface area (Å²) in [5.41, 5.74) is 9.82. The number of benzene rings is 2. The summed E-state index contributed by atoms with van der Waals surface area (Å²) in [4.78, 5) is 17.2. The number of Topliss-reactive ketones (excluding diaryl/α,β-unsaturated/α-hetero) is 1. The lowest BCUT2D eigenvalue weighted by atomic mass is 9.88. The molecule has 1 aromatic heterocycles. The minimum atomic E-state index is 0.124. The fourth-order valence-electron chi connectivity index (χ4n) is 3.04. The largest absolute Gasteiger partial charge is 0.306 e. The zero-order chi connectivity index (χ0) is 17.8. The Morgan fingerprint density at radius 2 is 1.73 bits per heavy atom. The van der Waals surface area contributed by atoms with E-state index >= 15 is 0 Å². The number of hydrogen-bond acceptors (Lipinski definition) is 5. The average molecular weight is 361 g/mol. The molecule has 26 heavy (non-hydrogen) atoms. The first-order chi connectivity index (χ1) is 12.8. The molecule has 2 N–H and O–H groups in total. The molecular formula is C21H19N3OS. The maximum Gasteiger partial charge on any atom is 0.202 e. The molecular weight excluding hydrogens is 342 g/mol. The van der Waals surface area contributed by atoms with E-state index in [0.29, 0.717) is 0 Å². The molecule has 1 heterocycles. The molecule has 0 amide bonds. The van der Waals surface area contributed by atoms with Crippen LogP contribution in [-0.2, 0) is 4.79 Å². The third-order valence-corrected chi connectivity index (χ3v) is 5.29. The Morgan fingerprint density at radius 3 is 2.58 bits per heavy atom. The first-order valence-corrected chi connectivity index (χ1v) is 9.48. The third-order valence-electron chi connectivity index (χ3n) is 4.34. The quantitative estimate of drug-likeness (QED) is 0.511. The molecule has 4 rings (SSSR count). The first kappa shape index (κ1) is 16.5. The molecule has 0 atom stereocenters. The monoisotopic (exact) mass is 361 g/mol. The molecule has 3 aromatic rings. The summed E-state index contributed by atoms with van der Waals surface area (Å²) >= 11 is 1.58. The van der Waals surface area contributed by atoms with Crippen LogP contribution in [0.3, 0.4) is 0 Å². The van der Waals surface area contributed by atoms with Crippen LogP contribution in [0.25, 0.3) is 16.3 Å². The summed E-state index contributed by atoms with van der Waals surface area (Å²) < 4.78 is 1.13. The van der Waals surface area contributed by atoms with Crippen LogP contribution in [0.5, 0.6) is 0 Å². The summed E-state index contributed by atoms with van der Waals surface area (Å²) in [5.74, 6) is 0.124. The van der Waals surface area contributed by atoms with E-state index < -0.39 is 0 Å². The molecule has 1 fully saturated rings. The molecule has 1 aliphatic carbocycles. The van der Waals surface area contributed by atoms with Crippen molar-refractivity contribution < 1.29 is 4.79 Å². The Hall–Kier alpha value is -2.92. The van der Waals surface area contributed by atoms with Gasteiger partial charge in [-0.3, -0.25) is 10.2 Å². The summed E-state index contributed by atoms with van der Waals surface area (Å²) in [6, 6.07) is 18.0. The molecule has 0 bridgehead atoms. The van der Waals surface area contributed by atoms with E-state index in [0.717, 1.165) is 51.3 Å². The highest BCUT2D eigenvalue weighted by atomic mass is 32.1. The standard InChI is InChI=1S/C21H19N3OS/c25-20-16(13-15-7-2-1-3-8-15)9-6-10-17(20)14-22-24-21-23-18-11-4-5-12-19(18)26-21/h1-5,7-8,11-14,22H,6,9-10H2,(H,23,24). The van der Waals surface area contributed by atoms with Crippen molar-refractivity contribution in [2.45, 2.75) is 19.3 Å². The Morgan fingerprint density at radius 1 is 0.962 bits per heavy atom. The van der Waals surface area contributed by atoms with Crippen LogP contribution in [0, 0.1) is 0 Å². The summed E-state index contributed by atoms with van der Waals surface area (Å²) in [6.45, 7) is 0. The number of allylic oxidation sites excluding steroid dienone is 2. The molecule has 130 valence electrons. The molecule has 0 spiro atoms. The maximum absolute atomic E-state index is 12.7. The fourth-order valence-corrected chi connectivity index (χ4v) is 3.87. The summed E-state index contributed by atoms with van der Waals surface area (Å²) in [6.07, 6.45) is 6.37. The van der Waals surface area contributed by atoms with Crippen LogP contribution in [0.4, 0.5) is 5.13 Å². The predicted molar refractivity (Wildman–Crippen MR) is 108 cm³/mol. The number of anilines is 1. The number of nitrogens with zero attached hydrogens (tertiary/aromatic N) is 1. The van der Waals surface area contributed by atoms with Gasteiger partial charge in [0.25, 0.3) is 0 Å². The van der Waals surface area contributed by atoms with Gasteiger partial charge in [0.05, 0.1) is 10.2 Å². The maximum atomic E-state index is 12.7. The van der Waals surface area contributed by atoms with Crippen molar-refractivity contribution in [2.75, 3.05) is 5.43 Å². The van der Waals surface area contributed by atoms with Crippen molar-refractivity contribution >= 4 is 38.5 Å². The normalized spacial score (nSPS) is 17.8. The van der Waals surface area contributed by atoms with Gasteiger partial charge in [-0.25, -0.2) is 4.98 Å². The Kier molecular flexibility index (Phi) is 4.80. The number of hydrogen-bond donors (Lipinski definition) is 2. The van der Waals surface area contributed by atoms with Gasteiger partial charge in [-0.15, -0.1) is 0 Å². The van der Waals surface area contributed by atoms with Crippen LogP contribution in [0.1, 0.15) is 24.8 Å². The second kappa shape index (κ2) is 7.54. The number of carbonyl (C=O) groups is 1. The van der Waals surface area contributed by atoms with Gasteiger partial charge < -0.3 is 5.43 Å². The van der Waals surface area contributed by atoms with Crippen LogP contribution in [0.2, 0.25) is 0 Å². The molecule has 1 saturated carbocycles. The van der Waals surface area contributed by atoms with E-state index in [9.17, 15) is 4.79 Å². The molecule has 5 heteroatoms. The number of para-hydroxylation sites is 1. The fraction of sp³-hybridized carbons (Fsp3) is 0.143. The lowest BCUT2D eigenvalue weighted by Gasteiger charge is -2.16. The lowest BCUT2D eigenvalue weighted by Crippen LogP contribution is -2.19. The van der Waals surface area contributed by atoms with Crippen LogP contribution in [0.15, 0.2) is 71.9 Å². The van der Waals surface area contributed by atoms with Gasteiger partial charge >= 0.3 is 0 Å². The van der Waals surface area contributed by atoms with Gasteiger partial charge in [0.1, 0.15) is 0 Å². The number of carbonyl (C=O) groups excluding carboxylic acids is 1. The second-order valence-electron chi connectivity index (χ2n) is 6.19. The van der Waals surface area contributed by atoms with E-state index in [4.69, 9.17) is 0 Å². The van der Waals surface area contributed by atoms with E-state index in [2.05, 4.69) is 15.8 Å². The predicted octanol–water partition coefficient (Wildman–Crippen LogP) is 4.93. The lowest BCUT2D eigenvalue weighted by molar-refractivity contribution is -0.112. The number of aromatic nitrogens is 1. The number of ketones is 1. The molecule has 4 nitrogen and oxygen atoms in total. The van der Waals surface area contributed by atoms with Crippen molar-refractivity contribution in [3.05, 3.63) is 77.5 Å². The van der Waals surface area contributed by atoms with Gasteiger partial charge in [-0.05, 0) is 43.0 Å². The minimum absolute atomic E-state index is 0.124. The highest BCUT2D eigenvalue weighted by molar-refractivity contribution is 7.22. The molecule has 2 aromatic carbocycles. The number of hydrazine groups is 1. The molecule has 0 saturated heterocycles. The van der Waals surface area contributed by atoms with Gasteiger partial charge in [0, 0.05) is 17.3 Å². The SMILES string of the molecule is O=C1C(=CNNc2nc3ccccc3s2)CCCC1=Cc1ccccc1. The van der Waals surface area contributed by atoms with E-state index in [1.165, 1.54) is 0 Å². The summed E-state index contributed by atoms with van der Waals surface area (Å²) in [7, 11) is 0.